The van der Waals surface area contributed by atoms with Gasteiger partial charge in [-0.25, -0.2) is 0 Å². The zero-order valence-electron chi connectivity index (χ0n) is 7.80. The molecule has 74 valence electrons. The molecule has 0 unspecified atom stereocenters. The van der Waals surface area contributed by atoms with Gasteiger partial charge in [-0.1, -0.05) is 17.7 Å². The average Bonchev–Trinajstić information content (AvgIpc) is 2.42. The normalized spacial score (nSPS) is 16.4. The fourth-order valence-electron chi connectivity index (χ4n) is 1.62. The average molecular weight is 211 g/mol. The third kappa shape index (κ3) is 1.49. The molecule has 2 rings (SSSR count). The lowest BCUT2D eigenvalue weighted by atomic mass is 10.0. The molecule has 1 aliphatic heterocycles. The van der Waals surface area contributed by atoms with Gasteiger partial charge in [-0.15, -0.1) is 0 Å². The van der Waals surface area contributed by atoms with Gasteiger partial charge in [-0.05, 0) is 24.1 Å². The van der Waals surface area contributed by atoms with Crippen LogP contribution in [0.1, 0.15) is 24.1 Å². The van der Waals surface area contributed by atoms with Crippen LogP contribution in [-0.2, 0) is 11.2 Å². The standard InChI is InChI=1S/C10H11ClN2O/c1-5(12)7-2-6-3-10(14)13-9(6)4-8(7)11/h2,4-5H,3,12H2,1H3,(H,13,14)/t5-/m0/s1. The largest absolute Gasteiger partial charge is 0.325 e. The van der Waals surface area contributed by atoms with E-state index in [2.05, 4.69) is 5.32 Å². The van der Waals surface area contributed by atoms with Gasteiger partial charge < -0.3 is 11.1 Å². The predicted molar refractivity (Wildman–Crippen MR) is 56.4 cm³/mol. The molecule has 3 nitrogen and oxygen atoms in total. The fourth-order valence-corrected chi connectivity index (χ4v) is 1.95. The number of nitrogens with one attached hydrogen (secondary N) is 1. The highest BCUT2D eigenvalue weighted by Crippen LogP contribution is 2.31. The lowest BCUT2D eigenvalue weighted by Crippen LogP contribution is -2.06. The molecule has 0 aromatic heterocycles. The quantitative estimate of drug-likeness (QED) is 0.744. The maximum atomic E-state index is 11.1. The van der Waals surface area contributed by atoms with Crippen LogP contribution >= 0.6 is 11.6 Å². The number of hydrogen-bond acceptors (Lipinski definition) is 2. The number of rotatable bonds is 1. The lowest BCUT2D eigenvalue weighted by Gasteiger charge is -2.10. The van der Waals surface area contributed by atoms with Crippen LogP contribution in [-0.4, -0.2) is 5.91 Å². The zero-order chi connectivity index (χ0) is 10.3. The Balaban J connectivity index is 2.50. The molecular formula is C10H11ClN2O. The van der Waals surface area contributed by atoms with Gasteiger partial charge in [0, 0.05) is 16.8 Å². The third-order valence-corrected chi connectivity index (χ3v) is 2.67. The van der Waals surface area contributed by atoms with Crippen LogP contribution < -0.4 is 11.1 Å². The van der Waals surface area contributed by atoms with Crippen LogP contribution in [0.25, 0.3) is 0 Å². The molecule has 1 aromatic rings. The van der Waals surface area contributed by atoms with E-state index in [9.17, 15) is 4.79 Å². The minimum atomic E-state index is -0.108. The minimum Gasteiger partial charge on any atom is -0.325 e. The Kier molecular flexibility index (Phi) is 2.21. The van der Waals surface area contributed by atoms with Crippen molar-refractivity contribution >= 4 is 23.2 Å². The van der Waals surface area contributed by atoms with Crippen molar-refractivity contribution in [2.24, 2.45) is 5.73 Å². The monoisotopic (exact) mass is 210 g/mol. The fraction of sp³-hybridized carbons (Fsp3) is 0.300. The van der Waals surface area contributed by atoms with E-state index in [4.69, 9.17) is 17.3 Å². The Morgan fingerprint density at radius 1 is 1.57 bits per heavy atom. The summed E-state index contributed by atoms with van der Waals surface area (Å²) in [6, 6.07) is 3.56. The smallest absolute Gasteiger partial charge is 0.228 e. The van der Waals surface area contributed by atoms with Crippen molar-refractivity contribution in [1.82, 2.24) is 0 Å². The molecular weight excluding hydrogens is 200 g/mol. The Bertz CT molecular complexity index is 401. The first-order chi connectivity index (χ1) is 6.58. The number of halogens is 1. The third-order valence-electron chi connectivity index (χ3n) is 2.34. The maximum absolute atomic E-state index is 11.1. The maximum Gasteiger partial charge on any atom is 0.228 e. The molecule has 0 saturated carbocycles. The summed E-state index contributed by atoms with van der Waals surface area (Å²) in [5.41, 5.74) is 8.43. The summed E-state index contributed by atoms with van der Waals surface area (Å²) in [7, 11) is 0. The molecule has 1 aliphatic rings. The highest BCUT2D eigenvalue weighted by Gasteiger charge is 2.20. The van der Waals surface area contributed by atoms with E-state index in [0.717, 1.165) is 16.8 Å². The van der Waals surface area contributed by atoms with Crippen LogP contribution in [0.5, 0.6) is 0 Å². The van der Waals surface area contributed by atoms with Crippen molar-refractivity contribution < 1.29 is 4.79 Å². The van der Waals surface area contributed by atoms with E-state index in [1.165, 1.54) is 0 Å². The van der Waals surface area contributed by atoms with Crippen molar-refractivity contribution in [2.75, 3.05) is 5.32 Å². The topological polar surface area (TPSA) is 55.1 Å². The van der Waals surface area contributed by atoms with Gasteiger partial charge in [0.1, 0.15) is 0 Å². The van der Waals surface area contributed by atoms with Crippen molar-refractivity contribution in [3.05, 3.63) is 28.3 Å². The SMILES string of the molecule is C[C@H](N)c1cc2c(cc1Cl)NC(=O)C2. The predicted octanol–water partition coefficient (Wildman–Crippen LogP) is 1.85. The first-order valence-corrected chi connectivity index (χ1v) is 4.83. The number of benzene rings is 1. The number of fused-ring (bicyclic) bond motifs is 1. The molecule has 0 saturated heterocycles. The van der Waals surface area contributed by atoms with Gasteiger partial charge >= 0.3 is 0 Å². The number of hydrogen-bond donors (Lipinski definition) is 2. The molecule has 1 amide bonds. The lowest BCUT2D eigenvalue weighted by molar-refractivity contribution is -0.115. The van der Waals surface area contributed by atoms with Crippen LogP contribution in [0.4, 0.5) is 5.69 Å². The molecule has 1 aromatic carbocycles. The molecule has 0 bridgehead atoms. The van der Waals surface area contributed by atoms with Crippen LogP contribution in [0.3, 0.4) is 0 Å². The molecule has 0 aliphatic carbocycles. The van der Waals surface area contributed by atoms with Gasteiger partial charge in [-0.2, -0.15) is 0 Å². The number of carbonyl (C=O) groups is 1. The minimum absolute atomic E-state index is 0.0119. The summed E-state index contributed by atoms with van der Waals surface area (Å²) in [5, 5.41) is 3.35. The molecule has 1 atom stereocenters. The highest BCUT2D eigenvalue weighted by molar-refractivity contribution is 6.32. The Hall–Kier alpha value is -1.06. The van der Waals surface area contributed by atoms with Crippen molar-refractivity contribution in [3.8, 4) is 0 Å². The number of carbonyl (C=O) groups excluding carboxylic acids is 1. The van der Waals surface area contributed by atoms with Gasteiger partial charge in [-0.3, -0.25) is 4.79 Å². The first-order valence-electron chi connectivity index (χ1n) is 4.45. The molecule has 0 fully saturated rings. The van der Waals surface area contributed by atoms with Crippen molar-refractivity contribution in [2.45, 2.75) is 19.4 Å². The summed E-state index contributed by atoms with van der Waals surface area (Å²) in [6.07, 6.45) is 0.423. The van der Waals surface area contributed by atoms with E-state index < -0.39 is 0 Å². The Morgan fingerprint density at radius 2 is 2.29 bits per heavy atom. The molecule has 3 N–H and O–H groups in total. The summed E-state index contributed by atoms with van der Waals surface area (Å²) < 4.78 is 0. The second-order valence-corrected chi connectivity index (χ2v) is 3.95. The Labute approximate surface area is 87.2 Å². The van der Waals surface area contributed by atoms with E-state index in [-0.39, 0.29) is 11.9 Å². The Morgan fingerprint density at radius 3 is 2.93 bits per heavy atom. The second kappa shape index (κ2) is 3.26. The van der Waals surface area contributed by atoms with Crippen LogP contribution in [0.15, 0.2) is 12.1 Å². The van der Waals surface area contributed by atoms with Crippen molar-refractivity contribution in [1.29, 1.82) is 0 Å². The van der Waals surface area contributed by atoms with Crippen LogP contribution in [0.2, 0.25) is 5.02 Å². The van der Waals surface area contributed by atoms with Crippen molar-refractivity contribution in [3.63, 3.8) is 0 Å². The van der Waals surface area contributed by atoms with E-state index in [1.54, 1.807) is 6.07 Å². The first kappa shape index (κ1) is 9.49. The highest BCUT2D eigenvalue weighted by atomic mass is 35.5. The van der Waals surface area contributed by atoms with Crippen LogP contribution in [0, 0.1) is 0 Å². The van der Waals surface area contributed by atoms with E-state index >= 15 is 0 Å². The number of nitrogens with two attached hydrogens (primary N) is 1. The molecule has 0 radical (unpaired) electrons. The van der Waals surface area contributed by atoms with Gasteiger partial charge in [0.15, 0.2) is 0 Å². The summed E-state index contributed by atoms with van der Waals surface area (Å²) in [6.45, 7) is 1.87. The zero-order valence-corrected chi connectivity index (χ0v) is 8.56. The van der Waals surface area contributed by atoms with Gasteiger partial charge in [0.05, 0.1) is 6.42 Å². The molecule has 14 heavy (non-hydrogen) atoms. The summed E-state index contributed by atoms with van der Waals surface area (Å²) in [4.78, 5) is 11.1. The summed E-state index contributed by atoms with van der Waals surface area (Å²) >= 11 is 6.02. The van der Waals surface area contributed by atoms with Gasteiger partial charge in [0.25, 0.3) is 0 Å². The van der Waals surface area contributed by atoms with E-state index in [0.29, 0.717) is 11.4 Å². The van der Waals surface area contributed by atoms with E-state index in [1.807, 2.05) is 13.0 Å². The van der Waals surface area contributed by atoms with Gasteiger partial charge in [0.2, 0.25) is 5.91 Å². The second-order valence-electron chi connectivity index (χ2n) is 3.54. The number of amides is 1. The molecule has 0 spiro atoms. The molecule has 4 heteroatoms. The molecule has 1 heterocycles. The summed E-state index contributed by atoms with van der Waals surface area (Å²) in [5.74, 6) is 0.0119. The number of anilines is 1.